The lowest BCUT2D eigenvalue weighted by Crippen LogP contribution is -2.44. The Hall–Kier alpha value is -3.59. The molecule has 0 bridgehead atoms. The smallest absolute Gasteiger partial charge is 0.408 e. The topological polar surface area (TPSA) is 123 Å². The van der Waals surface area contributed by atoms with E-state index in [4.69, 9.17) is 9.47 Å². The van der Waals surface area contributed by atoms with Crippen LogP contribution < -0.4 is 10.6 Å². The van der Waals surface area contributed by atoms with E-state index in [2.05, 4.69) is 15.4 Å². The first-order valence-corrected chi connectivity index (χ1v) is 12.3. The highest BCUT2D eigenvalue weighted by Crippen LogP contribution is 2.25. The standard InChI is InChI=1S/C15H23NO3.C14H19NO4/c1-14(2,3)19-13(17)16-12(15(4,5)18)11-9-7-6-8-10-11;1-14(2,3)19-13(17)15-11(12(16)18-4)10-8-6-5-7-9-10/h6-10,12,18H,1-5H3,(H,16,17);5-9,11H,1-4H3,(H,15,17)/t12-;11-/m00/s1. The lowest BCUT2D eigenvalue weighted by Gasteiger charge is -2.31. The highest BCUT2D eigenvalue weighted by Gasteiger charge is 2.31. The van der Waals surface area contributed by atoms with E-state index in [9.17, 15) is 19.5 Å². The minimum Gasteiger partial charge on any atom is -0.467 e. The van der Waals surface area contributed by atoms with Crippen molar-refractivity contribution in [1.82, 2.24) is 10.6 Å². The van der Waals surface area contributed by atoms with E-state index in [0.29, 0.717) is 5.56 Å². The maximum absolute atomic E-state index is 11.8. The van der Waals surface area contributed by atoms with E-state index in [1.165, 1.54) is 7.11 Å². The Balaban J connectivity index is 0.000000380. The summed E-state index contributed by atoms with van der Waals surface area (Å²) in [5.41, 5.74) is -0.800. The quantitative estimate of drug-likeness (QED) is 0.335. The van der Waals surface area contributed by atoms with Gasteiger partial charge in [-0.2, -0.15) is 0 Å². The van der Waals surface area contributed by atoms with Gasteiger partial charge in [-0.25, -0.2) is 14.4 Å². The Kier molecular flexibility index (Phi) is 11.8. The fraction of sp³-hybridized carbons (Fsp3) is 0.483. The number of carbonyl (C=O) groups is 3. The van der Waals surface area contributed by atoms with Crippen molar-refractivity contribution in [2.24, 2.45) is 0 Å². The van der Waals surface area contributed by atoms with Crippen molar-refractivity contribution in [3.63, 3.8) is 0 Å². The minimum absolute atomic E-state index is 0.524. The zero-order chi connectivity index (χ0) is 29.1. The van der Waals surface area contributed by atoms with Crippen molar-refractivity contribution < 1.29 is 33.7 Å². The predicted octanol–water partition coefficient (Wildman–Crippen LogP) is 5.45. The molecule has 0 unspecified atom stereocenters. The Labute approximate surface area is 225 Å². The van der Waals surface area contributed by atoms with Crippen LogP contribution >= 0.6 is 0 Å². The Morgan fingerprint density at radius 3 is 1.45 bits per heavy atom. The third-order valence-corrected chi connectivity index (χ3v) is 4.73. The first-order chi connectivity index (χ1) is 17.4. The van der Waals surface area contributed by atoms with Gasteiger partial charge in [-0.1, -0.05) is 60.7 Å². The van der Waals surface area contributed by atoms with Gasteiger partial charge < -0.3 is 30.0 Å². The molecule has 0 spiro atoms. The van der Waals surface area contributed by atoms with Gasteiger partial charge in [-0.3, -0.25) is 0 Å². The van der Waals surface area contributed by atoms with Crippen molar-refractivity contribution in [3.8, 4) is 0 Å². The van der Waals surface area contributed by atoms with Gasteiger partial charge >= 0.3 is 18.2 Å². The fourth-order valence-corrected chi connectivity index (χ4v) is 3.21. The molecule has 38 heavy (non-hydrogen) atoms. The zero-order valence-corrected chi connectivity index (χ0v) is 23.8. The molecule has 0 aliphatic carbocycles. The molecule has 0 heterocycles. The van der Waals surface area contributed by atoms with E-state index < -0.39 is 47.0 Å². The molecule has 2 atom stereocenters. The molecular formula is C29H42N2O7. The number of aliphatic hydroxyl groups is 1. The molecule has 3 N–H and O–H groups in total. The van der Waals surface area contributed by atoms with E-state index in [1.807, 2.05) is 36.4 Å². The number of hydrogen-bond acceptors (Lipinski definition) is 7. The molecule has 2 aromatic carbocycles. The first kappa shape index (κ1) is 32.4. The van der Waals surface area contributed by atoms with Crippen molar-refractivity contribution in [1.29, 1.82) is 0 Å². The van der Waals surface area contributed by atoms with Gasteiger partial charge in [0.25, 0.3) is 0 Å². The largest absolute Gasteiger partial charge is 0.467 e. The fourth-order valence-electron chi connectivity index (χ4n) is 3.21. The van der Waals surface area contributed by atoms with E-state index in [1.54, 1.807) is 79.7 Å². The van der Waals surface area contributed by atoms with Crippen LogP contribution in [-0.2, 0) is 19.0 Å². The maximum atomic E-state index is 11.8. The number of esters is 1. The van der Waals surface area contributed by atoms with E-state index in [-0.39, 0.29) is 0 Å². The number of carbonyl (C=O) groups excluding carboxylic acids is 3. The zero-order valence-electron chi connectivity index (χ0n) is 23.8. The summed E-state index contributed by atoms with van der Waals surface area (Å²) in [6, 6.07) is 16.8. The number of amides is 2. The van der Waals surface area contributed by atoms with Gasteiger partial charge in [0.15, 0.2) is 6.04 Å². The van der Waals surface area contributed by atoms with Crippen molar-refractivity contribution in [2.45, 2.75) is 84.3 Å². The van der Waals surface area contributed by atoms with Crippen molar-refractivity contribution >= 4 is 18.2 Å². The van der Waals surface area contributed by atoms with Gasteiger partial charge in [-0.15, -0.1) is 0 Å². The van der Waals surface area contributed by atoms with Gasteiger partial charge in [0.05, 0.1) is 18.8 Å². The van der Waals surface area contributed by atoms with Gasteiger partial charge in [0.1, 0.15) is 11.2 Å². The second kappa shape index (κ2) is 13.8. The predicted molar refractivity (Wildman–Crippen MR) is 145 cm³/mol. The normalized spacial score (nSPS) is 13.1. The van der Waals surface area contributed by atoms with Crippen LogP contribution in [0.5, 0.6) is 0 Å². The molecule has 2 aromatic rings. The summed E-state index contributed by atoms with van der Waals surface area (Å²) >= 11 is 0. The molecule has 0 saturated carbocycles. The Morgan fingerprint density at radius 1 is 0.684 bits per heavy atom. The Bertz CT molecular complexity index is 1020. The molecule has 2 amide bonds. The van der Waals surface area contributed by atoms with Crippen LogP contribution in [0.25, 0.3) is 0 Å². The van der Waals surface area contributed by atoms with Crippen molar-refractivity contribution in [3.05, 3.63) is 71.8 Å². The first-order valence-electron chi connectivity index (χ1n) is 12.3. The van der Waals surface area contributed by atoms with Crippen LogP contribution in [0, 0.1) is 0 Å². The summed E-state index contributed by atoms with van der Waals surface area (Å²) in [6.07, 6.45) is -1.20. The molecule has 0 aliphatic heterocycles. The van der Waals surface area contributed by atoms with Gasteiger partial charge in [0.2, 0.25) is 0 Å². The minimum atomic E-state index is -1.09. The van der Waals surface area contributed by atoms with Crippen LogP contribution in [0.1, 0.15) is 78.6 Å². The summed E-state index contributed by atoms with van der Waals surface area (Å²) in [5.74, 6) is -0.544. The summed E-state index contributed by atoms with van der Waals surface area (Å²) in [4.78, 5) is 35.3. The lowest BCUT2D eigenvalue weighted by molar-refractivity contribution is -0.143. The average Bonchev–Trinajstić information content (AvgIpc) is 2.79. The highest BCUT2D eigenvalue weighted by molar-refractivity contribution is 5.82. The number of nitrogens with one attached hydrogen (secondary N) is 2. The molecule has 0 aliphatic rings. The molecule has 0 fully saturated rings. The molecule has 0 radical (unpaired) electrons. The number of rotatable bonds is 6. The van der Waals surface area contributed by atoms with Gasteiger partial charge in [0, 0.05) is 0 Å². The van der Waals surface area contributed by atoms with Crippen LogP contribution in [-0.4, -0.2) is 47.2 Å². The van der Waals surface area contributed by atoms with E-state index in [0.717, 1.165) is 5.56 Å². The molecule has 0 aromatic heterocycles. The summed E-state index contributed by atoms with van der Waals surface area (Å²) in [7, 11) is 1.27. The maximum Gasteiger partial charge on any atom is 0.408 e. The molecule has 210 valence electrons. The van der Waals surface area contributed by atoms with Crippen LogP contribution in [0.3, 0.4) is 0 Å². The monoisotopic (exact) mass is 530 g/mol. The summed E-state index contributed by atoms with van der Waals surface area (Å²) in [6.45, 7) is 14.0. The molecular weight excluding hydrogens is 488 g/mol. The molecule has 9 nitrogen and oxygen atoms in total. The van der Waals surface area contributed by atoms with E-state index >= 15 is 0 Å². The number of ether oxygens (including phenoxy) is 3. The van der Waals surface area contributed by atoms with Crippen LogP contribution in [0.4, 0.5) is 9.59 Å². The van der Waals surface area contributed by atoms with Crippen LogP contribution in [0.2, 0.25) is 0 Å². The molecule has 0 saturated heterocycles. The Morgan fingerprint density at radius 2 is 1.08 bits per heavy atom. The van der Waals surface area contributed by atoms with Crippen LogP contribution in [0.15, 0.2) is 60.7 Å². The summed E-state index contributed by atoms with van der Waals surface area (Å²) < 4.78 is 15.0. The third kappa shape index (κ3) is 12.6. The van der Waals surface area contributed by atoms with Crippen molar-refractivity contribution in [2.75, 3.05) is 7.11 Å². The number of alkyl carbamates (subject to hydrolysis) is 2. The SMILES string of the molecule is CC(C)(C)OC(=O)N[C@@H](c1ccccc1)C(C)(C)O.COC(=O)[C@@H](NC(=O)OC(C)(C)C)c1ccccc1. The molecule has 2 rings (SSSR count). The van der Waals surface area contributed by atoms with Gasteiger partial charge in [-0.05, 0) is 66.5 Å². The second-order valence-electron chi connectivity index (χ2n) is 11.2. The third-order valence-electron chi connectivity index (χ3n) is 4.73. The number of benzene rings is 2. The average molecular weight is 531 g/mol. The lowest BCUT2D eigenvalue weighted by atomic mass is 9.92. The second-order valence-corrected chi connectivity index (χ2v) is 11.2. The number of methoxy groups -OCH3 is 1. The highest BCUT2D eigenvalue weighted by atomic mass is 16.6. The summed E-state index contributed by atoms with van der Waals surface area (Å²) in [5, 5.41) is 15.4. The molecule has 9 heteroatoms. The number of hydrogen-bond donors (Lipinski definition) is 3.